The summed E-state index contributed by atoms with van der Waals surface area (Å²) in [7, 11) is 1.61. The molecule has 3 aromatic rings. The van der Waals surface area contributed by atoms with E-state index in [0.717, 1.165) is 17.0 Å². The van der Waals surface area contributed by atoms with Gasteiger partial charge in [-0.1, -0.05) is 17.3 Å². The molecule has 0 amide bonds. The van der Waals surface area contributed by atoms with Crippen LogP contribution >= 0.6 is 0 Å². The van der Waals surface area contributed by atoms with Crippen molar-refractivity contribution < 1.29 is 14.6 Å². The molecule has 0 atom stereocenters. The second-order valence-electron chi connectivity index (χ2n) is 4.63. The Hall–Kier alpha value is -3.15. The van der Waals surface area contributed by atoms with Crippen molar-refractivity contribution in [3.8, 4) is 22.7 Å². The van der Waals surface area contributed by atoms with Gasteiger partial charge in [0.15, 0.2) is 0 Å². The van der Waals surface area contributed by atoms with E-state index in [1.165, 1.54) is 0 Å². The molecule has 6 nitrogen and oxygen atoms in total. The van der Waals surface area contributed by atoms with Crippen LogP contribution < -0.4 is 4.74 Å². The Morgan fingerprint density at radius 3 is 2.36 bits per heavy atom. The average molecular weight is 295 g/mol. The second-order valence-corrected chi connectivity index (χ2v) is 4.63. The molecule has 1 heterocycles. The third-order valence-electron chi connectivity index (χ3n) is 3.26. The molecule has 0 radical (unpaired) electrons. The number of carboxylic acids is 1. The van der Waals surface area contributed by atoms with E-state index in [4.69, 9.17) is 9.84 Å². The van der Waals surface area contributed by atoms with Crippen LogP contribution in [0.5, 0.6) is 5.75 Å². The van der Waals surface area contributed by atoms with Crippen molar-refractivity contribution in [3.05, 3.63) is 60.3 Å². The standard InChI is InChI=1S/C16H13N3O3/c1-22-14-8-6-13(7-9-14)19-10-15(17-18-19)11-2-4-12(5-3-11)16(20)21/h2-10H,1H3,(H,20,21). The molecule has 6 heteroatoms. The zero-order valence-corrected chi connectivity index (χ0v) is 11.8. The highest BCUT2D eigenvalue weighted by molar-refractivity contribution is 5.88. The number of nitrogens with zero attached hydrogens (tertiary/aromatic N) is 3. The zero-order chi connectivity index (χ0) is 15.5. The molecule has 0 aliphatic carbocycles. The Bertz CT molecular complexity index is 792. The number of ether oxygens (including phenoxy) is 1. The normalized spacial score (nSPS) is 10.4. The molecule has 0 fully saturated rings. The summed E-state index contributed by atoms with van der Waals surface area (Å²) in [6, 6.07) is 14.0. The molecular formula is C16H13N3O3. The van der Waals surface area contributed by atoms with Gasteiger partial charge in [0.05, 0.1) is 24.6 Å². The van der Waals surface area contributed by atoms with E-state index in [2.05, 4.69) is 10.3 Å². The van der Waals surface area contributed by atoms with Crippen LogP contribution in [0.4, 0.5) is 0 Å². The molecule has 1 aromatic heterocycles. The number of aromatic carboxylic acids is 1. The highest BCUT2D eigenvalue weighted by Crippen LogP contribution is 2.19. The van der Waals surface area contributed by atoms with Gasteiger partial charge in [-0.3, -0.25) is 0 Å². The molecule has 3 rings (SSSR count). The van der Waals surface area contributed by atoms with Gasteiger partial charge in [-0.05, 0) is 36.4 Å². The van der Waals surface area contributed by atoms with Gasteiger partial charge in [0.25, 0.3) is 0 Å². The van der Waals surface area contributed by atoms with Crippen molar-refractivity contribution in [1.29, 1.82) is 0 Å². The number of hydrogen-bond donors (Lipinski definition) is 1. The smallest absolute Gasteiger partial charge is 0.335 e. The quantitative estimate of drug-likeness (QED) is 0.800. The Morgan fingerprint density at radius 1 is 1.09 bits per heavy atom. The van der Waals surface area contributed by atoms with Gasteiger partial charge in [0, 0.05) is 5.56 Å². The summed E-state index contributed by atoms with van der Waals surface area (Å²) in [6.45, 7) is 0. The lowest BCUT2D eigenvalue weighted by molar-refractivity contribution is 0.0697. The van der Waals surface area contributed by atoms with E-state index in [0.29, 0.717) is 5.69 Å². The zero-order valence-electron chi connectivity index (χ0n) is 11.8. The molecule has 0 aliphatic heterocycles. The number of carbonyl (C=O) groups is 1. The Balaban J connectivity index is 1.87. The van der Waals surface area contributed by atoms with Gasteiger partial charge in [-0.2, -0.15) is 0 Å². The predicted molar refractivity (Wildman–Crippen MR) is 80.3 cm³/mol. The number of aromatic nitrogens is 3. The van der Waals surface area contributed by atoms with Crippen LogP contribution in [0.2, 0.25) is 0 Å². The number of carboxylic acid groups (broad SMARTS) is 1. The molecule has 2 aromatic carbocycles. The first-order valence-corrected chi connectivity index (χ1v) is 6.58. The lowest BCUT2D eigenvalue weighted by Crippen LogP contribution is -1.95. The second kappa shape index (κ2) is 5.69. The maximum atomic E-state index is 10.8. The minimum Gasteiger partial charge on any atom is -0.497 e. The molecule has 0 unspecified atom stereocenters. The summed E-state index contributed by atoms with van der Waals surface area (Å²) in [4.78, 5) is 10.8. The van der Waals surface area contributed by atoms with Crippen LogP contribution in [-0.4, -0.2) is 33.2 Å². The first-order chi connectivity index (χ1) is 10.7. The lowest BCUT2D eigenvalue weighted by Gasteiger charge is -2.02. The first kappa shape index (κ1) is 13.8. The third kappa shape index (κ3) is 2.67. The van der Waals surface area contributed by atoms with Crippen LogP contribution in [0.3, 0.4) is 0 Å². The summed E-state index contributed by atoms with van der Waals surface area (Å²) in [5, 5.41) is 17.1. The van der Waals surface area contributed by atoms with Crippen molar-refractivity contribution in [2.24, 2.45) is 0 Å². The van der Waals surface area contributed by atoms with Crippen LogP contribution in [0.25, 0.3) is 16.9 Å². The molecule has 1 N–H and O–H groups in total. The first-order valence-electron chi connectivity index (χ1n) is 6.58. The monoisotopic (exact) mass is 295 g/mol. The van der Waals surface area contributed by atoms with Gasteiger partial charge >= 0.3 is 5.97 Å². The molecule has 110 valence electrons. The summed E-state index contributed by atoms with van der Waals surface area (Å²) in [5.41, 5.74) is 2.59. The fourth-order valence-electron chi connectivity index (χ4n) is 2.04. The maximum Gasteiger partial charge on any atom is 0.335 e. The summed E-state index contributed by atoms with van der Waals surface area (Å²) in [5.74, 6) is -0.179. The third-order valence-corrected chi connectivity index (χ3v) is 3.26. The van der Waals surface area contributed by atoms with Crippen LogP contribution in [0.1, 0.15) is 10.4 Å². The van der Waals surface area contributed by atoms with Crippen LogP contribution in [0.15, 0.2) is 54.7 Å². The van der Waals surface area contributed by atoms with E-state index >= 15 is 0 Å². The number of rotatable bonds is 4. The summed E-state index contributed by atoms with van der Waals surface area (Å²) < 4.78 is 6.77. The molecule has 22 heavy (non-hydrogen) atoms. The van der Waals surface area contributed by atoms with Gasteiger partial charge in [-0.25, -0.2) is 9.48 Å². The SMILES string of the molecule is COc1ccc(-n2cc(-c3ccc(C(=O)O)cc3)nn2)cc1. The predicted octanol–water partition coefficient (Wildman–Crippen LogP) is 2.64. The van der Waals surface area contributed by atoms with Crippen molar-refractivity contribution in [3.63, 3.8) is 0 Å². The molecule has 0 bridgehead atoms. The van der Waals surface area contributed by atoms with Gasteiger partial charge < -0.3 is 9.84 Å². The lowest BCUT2D eigenvalue weighted by atomic mass is 10.1. The van der Waals surface area contributed by atoms with Crippen LogP contribution in [-0.2, 0) is 0 Å². The van der Waals surface area contributed by atoms with Crippen molar-refractivity contribution >= 4 is 5.97 Å². The minimum atomic E-state index is -0.951. The van der Waals surface area contributed by atoms with E-state index in [1.54, 1.807) is 42.3 Å². The molecule has 0 saturated carbocycles. The Kier molecular flexibility index (Phi) is 3.57. The van der Waals surface area contributed by atoms with Gasteiger partial charge in [-0.15, -0.1) is 5.10 Å². The van der Waals surface area contributed by atoms with E-state index in [1.807, 2.05) is 24.3 Å². The maximum absolute atomic E-state index is 10.8. The number of hydrogen-bond acceptors (Lipinski definition) is 4. The highest BCUT2D eigenvalue weighted by Gasteiger charge is 2.07. The summed E-state index contributed by atoms with van der Waals surface area (Å²) >= 11 is 0. The average Bonchev–Trinajstić information content (AvgIpc) is 3.05. The number of benzene rings is 2. The molecule has 0 aliphatic rings. The Labute approximate surface area is 126 Å². The van der Waals surface area contributed by atoms with Gasteiger partial charge in [0.1, 0.15) is 11.4 Å². The van der Waals surface area contributed by atoms with Crippen LogP contribution in [0, 0.1) is 0 Å². The fourth-order valence-corrected chi connectivity index (χ4v) is 2.04. The molecule has 0 saturated heterocycles. The van der Waals surface area contributed by atoms with Gasteiger partial charge in [0.2, 0.25) is 0 Å². The summed E-state index contributed by atoms with van der Waals surface area (Å²) in [6.07, 6.45) is 1.79. The molecule has 0 spiro atoms. The largest absolute Gasteiger partial charge is 0.497 e. The fraction of sp³-hybridized carbons (Fsp3) is 0.0625. The topological polar surface area (TPSA) is 77.2 Å². The molecular weight excluding hydrogens is 282 g/mol. The van der Waals surface area contributed by atoms with Crippen molar-refractivity contribution in [2.75, 3.05) is 7.11 Å². The minimum absolute atomic E-state index is 0.242. The van der Waals surface area contributed by atoms with Crippen molar-refractivity contribution in [2.45, 2.75) is 0 Å². The highest BCUT2D eigenvalue weighted by atomic mass is 16.5. The Morgan fingerprint density at radius 2 is 1.77 bits per heavy atom. The van der Waals surface area contributed by atoms with E-state index in [-0.39, 0.29) is 5.56 Å². The van der Waals surface area contributed by atoms with Crippen molar-refractivity contribution in [1.82, 2.24) is 15.0 Å². The number of methoxy groups -OCH3 is 1. The van der Waals surface area contributed by atoms with E-state index < -0.39 is 5.97 Å². The van der Waals surface area contributed by atoms with E-state index in [9.17, 15) is 4.79 Å².